The second kappa shape index (κ2) is 6.88. The topological polar surface area (TPSA) is 49.9 Å². The van der Waals surface area contributed by atoms with E-state index in [0.717, 1.165) is 32.2 Å². The highest BCUT2D eigenvalue weighted by Crippen LogP contribution is 2.27. The van der Waals surface area contributed by atoms with E-state index in [0.29, 0.717) is 6.04 Å². The fourth-order valence-electron chi connectivity index (χ4n) is 3.46. The highest BCUT2D eigenvalue weighted by molar-refractivity contribution is 5.86. The summed E-state index contributed by atoms with van der Waals surface area (Å²) in [7, 11) is 1.68. The predicted molar refractivity (Wildman–Crippen MR) is 85.6 cm³/mol. The Morgan fingerprint density at radius 3 is 2.36 bits per heavy atom. The van der Waals surface area contributed by atoms with Crippen LogP contribution in [0.4, 0.5) is 4.79 Å². The molecule has 22 heavy (non-hydrogen) atoms. The van der Waals surface area contributed by atoms with Crippen LogP contribution < -0.4 is 0 Å². The van der Waals surface area contributed by atoms with Crippen LogP contribution in [0.3, 0.4) is 0 Å². The van der Waals surface area contributed by atoms with E-state index >= 15 is 0 Å². The van der Waals surface area contributed by atoms with Gasteiger partial charge in [0.25, 0.3) is 0 Å². The quantitative estimate of drug-likeness (QED) is 0.787. The van der Waals surface area contributed by atoms with Crippen molar-refractivity contribution in [1.29, 1.82) is 0 Å². The lowest BCUT2D eigenvalue weighted by atomic mass is 9.91. The minimum absolute atomic E-state index is 0.103. The van der Waals surface area contributed by atoms with E-state index in [1.807, 2.05) is 25.7 Å². The first-order valence-corrected chi connectivity index (χ1v) is 8.56. The van der Waals surface area contributed by atoms with E-state index < -0.39 is 11.7 Å². The highest BCUT2D eigenvalue weighted by Gasteiger charge is 2.38. The molecule has 0 N–H and O–H groups in total. The Labute approximate surface area is 134 Å². The third kappa shape index (κ3) is 4.14. The molecule has 1 aliphatic carbocycles. The van der Waals surface area contributed by atoms with Crippen LogP contribution in [0.2, 0.25) is 0 Å². The number of nitrogens with zero attached hydrogens (tertiary/aromatic N) is 2. The molecule has 2 rings (SSSR count). The van der Waals surface area contributed by atoms with Gasteiger partial charge in [-0.3, -0.25) is 9.69 Å². The number of hydrogen-bond acceptors (Lipinski definition) is 3. The summed E-state index contributed by atoms with van der Waals surface area (Å²) in [5.41, 5.74) is -0.536. The molecule has 1 atom stereocenters. The molecule has 5 heteroatoms. The Balaban J connectivity index is 2.01. The molecule has 0 bridgehead atoms. The van der Waals surface area contributed by atoms with Crippen molar-refractivity contribution in [1.82, 2.24) is 9.80 Å². The van der Waals surface area contributed by atoms with Crippen molar-refractivity contribution in [3.8, 4) is 0 Å². The molecule has 0 radical (unpaired) electrons. The summed E-state index contributed by atoms with van der Waals surface area (Å²) in [6.45, 7) is 6.36. The maximum atomic E-state index is 12.8. The molecule has 0 spiro atoms. The van der Waals surface area contributed by atoms with Crippen molar-refractivity contribution in [2.75, 3.05) is 13.6 Å². The minimum atomic E-state index is -0.536. The molecule has 5 nitrogen and oxygen atoms in total. The van der Waals surface area contributed by atoms with Crippen LogP contribution in [0.15, 0.2) is 0 Å². The van der Waals surface area contributed by atoms with Crippen LogP contribution >= 0.6 is 0 Å². The van der Waals surface area contributed by atoms with Crippen LogP contribution in [0.25, 0.3) is 0 Å². The van der Waals surface area contributed by atoms with Crippen LogP contribution in [0, 0.1) is 0 Å². The molecule has 1 saturated carbocycles. The van der Waals surface area contributed by atoms with Crippen LogP contribution in [-0.2, 0) is 9.53 Å². The average molecular weight is 310 g/mol. The zero-order chi connectivity index (χ0) is 16.3. The van der Waals surface area contributed by atoms with Gasteiger partial charge in [0.15, 0.2) is 0 Å². The number of carbonyl (C=O) groups excluding carboxylic acids is 2. The van der Waals surface area contributed by atoms with Gasteiger partial charge in [0.2, 0.25) is 5.91 Å². The average Bonchev–Trinajstić information content (AvgIpc) is 2.46. The highest BCUT2D eigenvalue weighted by atomic mass is 16.6. The lowest BCUT2D eigenvalue weighted by molar-refractivity contribution is -0.142. The zero-order valence-corrected chi connectivity index (χ0v) is 14.4. The van der Waals surface area contributed by atoms with Crippen molar-refractivity contribution in [3.63, 3.8) is 0 Å². The third-order valence-electron chi connectivity index (χ3n) is 4.61. The van der Waals surface area contributed by atoms with Crippen molar-refractivity contribution >= 4 is 12.0 Å². The first-order chi connectivity index (χ1) is 10.3. The molecule has 0 aromatic rings. The first kappa shape index (κ1) is 17.1. The standard InChI is InChI=1S/C17H30N2O3/c1-17(2,3)22-16(21)18(4)14-11-8-12-19(15(14)20)13-9-6-5-7-10-13/h13-14H,5-12H2,1-4H3. The summed E-state index contributed by atoms with van der Waals surface area (Å²) in [5, 5.41) is 0. The Morgan fingerprint density at radius 1 is 1.14 bits per heavy atom. The summed E-state index contributed by atoms with van der Waals surface area (Å²) in [5.74, 6) is 0.103. The number of carbonyl (C=O) groups is 2. The maximum absolute atomic E-state index is 12.8. The van der Waals surface area contributed by atoms with Crippen LogP contribution in [-0.4, -0.2) is 53.1 Å². The molecule has 0 aromatic heterocycles. The van der Waals surface area contributed by atoms with Crippen molar-refractivity contribution < 1.29 is 14.3 Å². The SMILES string of the molecule is CN(C(=O)OC(C)(C)C)C1CCCN(C2CCCCC2)C1=O. The smallest absolute Gasteiger partial charge is 0.410 e. The Bertz CT molecular complexity index is 411. The Kier molecular flexibility index (Phi) is 5.35. The van der Waals surface area contributed by atoms with E-state index in [4.69, 9.17) is 4.74 Å². The normalized spacial score (nSPS) is 24.3. The summed E-state index contributed by atoms with van der Waals surface area (Å²) in [4.78, 5) is 28.5. The fraction of sp³-hybridized carbons (Fsp3) is 0.882. The fourth-order valence-corrected chi connectivity index (χ4v) is 3.46. The van der Waals surface area contributed by atoms with E-state index in [1.54, 1.807) is 7.05 Å². The molecule has 1 unspecified atom stereocenters. The summed E-state index contributed by atoms with van der Waals surface area (Å²) in [6.07, 6.45) is 7.19. The van der Waals surface area contributed by atoms with Crippen molar-refractivity contribution in [2.45, 2.75) is 83.4 Å². The maximum Gasteiger partial charge on any atom is 0.410 e. The first-order valence-electron chi connectivity index (χ1n) is 8.56. The van der Waals surface area contributed by atoms with Gasteiger partial charge in [-0.2, -0.15) is 0 Å². The van der Waals surface area contributed by atoms with Gasteiger partial charge in [-0.1, -0.05) is 19.3 Å². The molecule has 1 aliphatic heterocycles. The molecule has 1 saturated heterocycles. The number of hydrogen-bond donors (Lipinski definition) is 0. The van der Waals surface area contributed by atoms with E-state index in [2.05, 4.69) is 0 Å². The number of rotatable bonds is 2. The number of likely N-dealkylation sites (N-methyl/N-ethyl adjacent to an activating group) is 1. The van der Waals surface area contributed by atoms with Crippen molar-refractivity contribution in [3.05, 3.63) is 0 Å². The van der Waals surface area contributed by atoms with E-state index in [1.165, 1.54) is 24.2 Å². The van der Waals surface area contributed by atoms with Crippen LogP contribution in [0.5, 0.6) is 0 Å². The summed E-state index contributed by atoms with van der Waals surface area (Å²) >= 11 is 0. The molecule has 0 aromatic carbocycles. The lowest BCUT2D eigenvalue weighted by Crippen LogP contribution is -2.56. The molecule has 2 amide bonds. The predicted octanol–water partition coefficient (Wildman–Crippen LogP) is 3.18. The molecular weight excluding hydrogens is 280 g/mol. The summed E-state index contributed by atoms with van der Waals surface area (Å²) < 4.78 is 5.40. The minimum Gasteiger partial charge on any atom is -0.444 e. The Morgan fingerprint density at radius 2 is 1.77 bits per heavy atom. The Hall–Kier alpha value is -1.26. The van der Waals surface area contributed by atoms with E-state index in [9.17, 15) is 9.59 Å². The number of ether oxygens (including phenoxy) is 1. The third-order valence-corrected chi connectivity index (χ3v) is 4.61. The molecule has 1 heterocycles. The van der Waals surface area contributed by atoms with Gasteiger partial charge in [-0.15, -0.1) is 0 Å². The second-order valence-corrected chi connectivity index (χ2v) is 7.57. The zero-order valence-electron chi connectivity index (χ0n) is 14.4. The number of amides is 2. The van der Waals surface area contributed by atoms with Gasteiger partial charge in [0, 0.05) is 19.6 Å². The van der Waals surface area contributed by atoms with Gasteiger partial charge in [0.05, 0.1) is 0 Å². The van der Waals surface area contributed by atoms with Crippen LogP contribution in [0.1, 0.15) is 65.7 Å². The second-order valence-electron chi connectivity index (χ2n) is 7.57. The van der Waals surface area contributed by atoms with Gasteiger partial charge < -0.3 is 9.64 Å². The lowest BCUT2D eigenvalue weighted by Gasteiger charge is -2.42. The molecule has 2 fully saturated rings. The molecule has 2 aliphatic rings. The molecule has 126 valence electrons. The van der Waals surface area contributed by atoms with Gasteiger partial charge in [-0.05, 0) is 46.5 Å². The van der Waals surface area contributed by atoms with Crippen molar-refractivity contribution in [2.24, 2.45) is 0 Å². The molecular formula is C17H30N2O3. The number of likely N-dealkylation sites (tertiary alicyclic amines) is 1. The van der Waals surface area contributed by atoms with E-state index in [-0.39, 0.29) is 11.9 Å². The monoisotopic (exact) mass is 310 g/mol. The summed E-state index contributed by atoms with van der Waals surface area (Å²) in [6, 6.07) is 0.00149. The number of piperidine rings is 1. The largest absolute Gasteiger partial charge is 0.444 e. The van der Waals surface area contributed by atoms with Gasteiger partial charge in [0.1, 0.15) is 11.6 Å². The van der Waals surface area contributed by atoms with Gasteiger partial charge >= 0.3 is 6.09 Å². The van der Waals surface area contributed by atoms with Gasteiger partial charge in [-0.25, -0.2) is 4.79 Å².